The van der Waals surface area contributed by atoms with E-state index in [1.165, 1.54) is 0 Å². The molecule has 0 aliphatic heterocycles. The molecule has 0 spiro atoms. The lowest BCUT2D eigenvalue weighted by atomic mass is 9.42. The molecular formula is C25H39NO2. The molecule has 0 aromatic rings. The summed E-state index contributed by atoms with van der Waals surface area (Å²) in [5, 5.41) is 12.0. The third-order valence-corrected chi connectivity index (χ3v) is 9.55. The fourth-order valence-electron chi connectivity index (χ4n) is 7.72. The van der Waals surface area contributed by atoms with Gasteiger partial charge in [0.2, 0.25) is 0 Å². The maximum absolute atomic E-state index is 12.6. The van der Waals surface area contributed by atoms with E-state index in [2.05, 4.69) is 32.6 Å². The van der Waals surface area contributed by atoms with Crippen molar-refractivity contribution in [3.05, 3.63) is 24.3 Å². The number of rotatable bonds is 4. The number of ketones is 1. The van der Waals surface area contributed by atoms with Crippen LogP contribution in [0.25, 0.3) is 0 Å². The van der Waals surface area contributed by atoms with Crippen LogP contribution in [0, 0.1) is 34.5 Å². The highest BCUT2D eigenvalue weighted by molar-refractivity contribution is 5.87. The molecule has 0 aromatic carbocycles. The summed E-state index contributed by atoms with van der Waals surface area (Å²) in [5.41, 5.74) is 5.67. The number of carbonyl (C=O) groups excluding carboxylic acids is 1. The zero-order valence-corrected chi connectivity index (χ0v) is 17.9. The van der Waals surface area contributed by atoms with Gasteiger partial charge in [-0.05, 0) is 93.6 Å². The summed E-state index contributed by atoms with van der Waals surface area (Å²) < 4.78 is 0. The van der Waals surface area contributed by atoms with Crippen LogP contribution in [-0.2, 0) is 4.79 Å². The maximum atomic E-state index is 12.6. The monoisotopic (exact) mass is 385 g/mol. The molecule has 4 aliphatic rings. The predicted molar refractivity (Wildman–Crippen MR) is 114 cm³/mol. The molecule has 0 radical (unpaired) electrons. The normalized spacial score (nSPS) is 48.4. The highest BCUT2D eigenvalue weighted by Gasteiger charge is 2.65. The minimum Gasteiger partial charge on any atom is -0.385 e. The Morgan fingerprint density at radius 1 is 1.21 bits per heavy atom. The van der Waals surface area contributed by atoms with Crippen LogP contribution in [0.4, 0.5) is 0 Å². The summed E-state index contributed by atoms with van der Waals surface area (Å²) in [5.74, 6) is 2.46. The first kappa shape index (κ1) is 20.3. The van der Waals surface area contributed by atoms with Gasteiger partial charge in [0.15, 0.2) is 0 Å². The van der Waals surface area contributed by atoms with Crippen LogP contribution in [-0.4, -0.2) is 23.0 Å². The molecule has 0 aromatic heterocycles. The van der Waals surface area contributed by atoms with Gasteiger partial charge in [0.25, 0.3) is 0 Å². The molecule has 0 bridgehead atoms. The van der Waals surface area contributed by atoms with Crippen molar-refractivity contribution in [2.45, 2.75) is 83.7 Å². The van der Waals surface area contributed by atoms with Crippen molar-refractivity contribution < 1.29 is 9.90 Å². The van der Waals surface area contributed by atoms with Crippen LogP contribution in [0.3, 0.4) is 0 Å². The Morgan fingerprint density at radius 3 is 2.75 bits per heavy atom. The molecule has 156 valence electrons. The van der Waals surface area contributed by atoms with E-state index in [4.69, 9.17) is 5.73 Å². The third-order valence-electron chi connectivity index (χ3n) is 9.55. The van der Waals surface area contributed by atoms with Crippen molar-refractivity contribution in [2.75, 3.05) is 6.54 Å². The standard InChI is InChI=1S/C25H39NO2/c1-17-15-19-20-8-9-22(27)23(20,2)12-11-21(19)24(3)13-10-18(16-25(17,24)28)7-5-4-6-14-26/h5,7,18-21,28H,1,4,6,8-16,26H2,2-3H3/b7-5-/t18-,19+,20+,21+,23+,24-,25+/m1/s1. The molecule has 7 atom stereocenters. The Morgan fingerprint density at radius 2 is 2.00 bits per heavy atom. The number of aliphatic hydroxyl groups is 1. The molecule has 3 heteroatoms. The van der Waals surface area contributed by atoms with Crippen LogP contribution in [0.2, 0.25) is 0 Å². The van der Waals surface area contributed by atoms with Crippen LogP contribution in [0.15, 0.2) is 24.3 Å². The fourth-order valence-corrected chi connectivity index (χ4v) is 7.72. The van der Waals surface area contributed by atoms with Crippen molar-refractivity contribution in [3.63, 3.8) is 0 Å². The van der Waals surface area contributed by atoms with Gasteiger partial charge in [0.1, 0.15) is 5.78 Å². The summed E-state index contributed by atoms with van der Waals surface area (Å²) >= 11 is 0. The second-order valence-electron chi connectivity index (χ2n) is 10.7. The van der Waals surface area contributed by atoms with Crippen molar-refractivity contribution in [1.82, 2.24) is 0 Å². The SMILES string of the molecule is C=C1C[C@H]2[C@@H]3CCC(=O)[C@@]3(C)CC[C@@H]2[C@@]2(C)CC[C@@H](/C=C\CCCN)C[C@]12O. The minimum atomic E-state index is -0.758. The first-order chi connectivity index (χ1) is 13.3. The lowest BCUT2D eigenvalue weighted by Crippen LogP contribution is -2.63. The smallest absolute Gasteiger partial charge is 0.139 e. The van der Waals surface area contributed by atoms with Gasteiger partial charge >= 0.3 is 0 Å². The van der Waals surface area contributed by atoms with E-state index in [1.54, 1.807) is 0 Å². The minimum absolute atomic E-state index is 0.0957. The van der Waals surface area contributed by atoms with Crippen LogP contribution < -0.4 is 5.73 Å². The van der Waals surface area contributed by atoms with Crippen molar-refractivity contribution in [2.24, 2.45) is 40.2 Å². The molecule has 0 unspecified atom stereocenters. The number of hydrogen-bond donors (Lipinski definition) is 2. The van der Waals surface area contributed by atoms with Gasteiger partial charge in [-0.1, -0.05) is 32.6 Å². The highest BCUT2D eigenvalue weighted by atomic mass is 16.3. The van der Waals surface area contributed by atoms with Gasteiger partial charge in [-0.15, -0.1) is 0 Å². The van der Waals surface area contributed by atoms with Gasteiger partial charge in [-0.2, -0.15) is 0 Å². The van der Waals surface area contributed by atoms with E-state index in [9.17, 15) is 9.90 Å². The summed E-state index contributed by atoms with van der Waals surface area (Å²) in [4.78, 5) is 12.6. The Bertz CT molecular complexity index is 684. The first-order valence-corrected chi connectivity index (χ1v) is 11.6. The van der Waals surface area contributed by atoms with E-state index in [0.29, 0.717) is 29.5 Å². The molecule has 3 nitrogen and oxygen atoms in total. The van der Waals surface area contributed by atoms with E-state index in [0.717, 1.165) is 76.3 Å². The zero-order chi connectivity index (χ0) is 20.2. The number of Topliss-reactive ketones (excluding diaryl/α,β-unsaturated/α-hetero) is 1. The van der Waals surface area contributed by atoms with Crippen LogP contribution in [0.1, 0.15) is 78.1 Å². The summed E-state index contributed by atoms with van der Waals surface area (Å²) in [6, 6.07) is 0. The van der Waals surface area contributed by atoms with E-state index in [-0.39, 0.29) is 10.8 Å². The second kappa shape index (κ2) is 7.09. The Kier molecular flexibility index (Phi) is 5.15. The van der Waals surface area contributed by atoms with Gasteiger partial charge in [0.05, 0.1) is 5.60 Å². The molecule has 3 N–H and O–H groups in total. The van der Waals surface area contributed by atoms with Crippen molar-refractivity contribution >= 4 is 5.78 Å². The van der Waals surface area contributed by atoms with E-state index >= 15 is 0 Å². The average molecular weight is 386 g/mol. The number of fused-ring (bicyclic) bond motifs is 5. The van der Waals surface area contributed by atoms with Crippen molar-refractivity contribution in [1.29, 1.82) is 0 Å². The first-order valence-electron chi connectivity index (χ1n) is 11.6. The average Bonchev–Trinajstić information content (AvgIpc) is 2.96. The fraction of sp³-hybridized carbons (Fsp3) is 0.800. The van der Waals surface area contributed by atoms with Crippen LogP contribution >= 0.6 is 0 Å². The molecule has 0 saturated heterocycles. The Hall–Kier alpha value is -0.930. The van der Waals surface area contributed by atoms with Gasteiger partial charge in [-0.25, -0.2) is 0 Å². The molecule has 0 amide bonds. The predicted octanol–water partition coefficient (Wildman–Crippen LogP) is 4.79. The molecule has 28 heavy (non-hydrogen) atoms. The lowest BCUT2D eigenvalue weighted by Gasteiger charge is -2.64. The number of hydrogen-bond acceptors (Lipinski definition) is 3. The van der Waals surface area contributed by atoms with Crippen molar-refractivity contribution in [3.8, 4) is 0 Å². The molecule has 0 heterocycles. The van der Waals surface area contributed by atoms with E-state index < -0.39 is 5.60 Å². The maximum Gasteiger partial charge on any atom is 0.139 e. The number of nitrogens with two attached hydrogens (primary N) is 1. The zero-order valence-electron chi connectivity index (χ0n) is 17.9. The molecule has 4 rings (SSSR count). The number of unbranched alkanes of at least 4 members (excludes halogenated alkanes) is 1. The van der Waals surface area contributed by atoms with Crippen LogP contribution in [0.5, 0.6) is 0 Å². The molecule has 4 fully saturated rings. The van der Waals surface area contributed by atoms with Gasteiger partial charge < -0.3 is 10.8 Å². The molecule has 4 aliphatic carbocycles. The second-order valence-corrected chi connectivity index (χ2v) is 10.7. The van der Waals surface area contributed by atoms with E-state index in [1.807, 2.05) is 0 Å². The Balaban J connectivity index is 1.57. The lowest BCUT2D eigenvalue weighted by molar-refractivity contribution is -0.178. The quantitative estimate of drug-likeness (QED) is 0.540. The summed E-state index contributed by atoms with van der Waals surface area (Å²) in [6.45, 7) is 9.72. The van der Waals surface area contributed by atoms with Gasteiger partial charge in [-0.3, -0.25) is 4.79 Å². The Labute approximate surface area is 170 Å². The number of allylic oxidation sites excluding steroid dienone is 2. The summed E-state index contributed by atoms with van der Waals surface area (Å²) in [7, 11) is 0. The van der Waals surface area contributed by atoms with Gasteiger partial charge in [0, 0.05) is 17.3 Å². The topological polar surface area (TPSA) is 63.3 Å². The largest absolute Gasteiger partial charge is 0.385 e. The summed E-state index contributed by atoms with van der Waals surface area (Å²) in [6.07, 6.45) is 14.5. The highest BCUT2D eigenvalue weighted by Crippen LogP contribution is 2.68. The third kappa shape index (κ3) is 2.80. The molecule has 4 saturated carbocycles. The number of carbonyl (C=O) groups is 1. The molecular weight excluding hydrogens is 346 g/mol.